The van der Waals surface area contributed by atoms with Crippen molar-refractivity contribution in [2.75, 3.05) is 25.0 Å². The fourth-order valence-electron chi connectivity index (χ4n) is 2.68. The van der Waals surface area contributed by atoms with Gasteiger partial charge in [-0.3, -0.25) is 9.59 Å². The van der Waals surface area contributed by atoms with E-state index < -0.39 is 0 Å². The molecular weight excluding hydrogens is 384 g/mol. The minimum Gasteiger partial charge on any atom is -0.484 e. The zero-order chi connectivity index (χ0) is 17.6. The number of hydrogen-bond acceptors (Lipinski definition) is 3. The molecule has 2 aromatic carbocycles. The van der Waals surface area contributed by atoms with Gasteiger partial charge in [0.25, 0.3) is 11.8 Å². The fourth-order valence-corrected chi connectivity index (χ4v) is 2.94. The number of carbonyl (C=O) groups excluding carboxylic acids is 2. The summed E-state index contributed by atoms with van der Waals surface area (Å²) in [4.78, 5) is 26.1. The monoisotopic (exact) mass is 402 g/mol. The standard InChI is InChI=1S/C19H19BrN2O3/c20-15-5-9-17(10-6-15)25-13-18(23)21-16-7-3-14(4-8-16)19(24)22-11-1-2-12-22/h3-10H,1-2,11-13H2,(H,21,23). The maximum atomic E-state index is 12.3. The molecule has 1 N–H and O–H groups in total. The number of nitrogens with zero attached hydrogens (tertiary/aromatic N) is 1. The molecule has 2 amide bonds. The number of rotatable bonds is 5. The Morgan fingerprint density at radius 3 is 2.28 bits per heavy atom. The summed E-state index contributed by atoms with van der Waals surface area (Å²) >= 11 is 3.35. The third-order valence-corrected chi connectivity index (χ3v) is 4.52. The minimum atomic E-state index is -0.249. The van der Waals surface area contributed by atoms with Gasteiger partial charge in [-0.2, -0.15) is 0 Å². The summed E-state index contributed by atoms with van der Waals surface area (Å²) in [6.07, 6.45) is 2.14. The van der Waals surface area contributed by atoms with Crippen molar-refractivity contribution in [3.63, 3.8) is 0 Å². The molecule has 130 valence electrons. The Bertz CT molecular complexity index is 738. The van der Waals surface area contributed by atoms with Crippen LogP contribution in [0.15, 0.2) is 53.0 Å². The molecule has 6 heteroatoms. The lowest BCUT2D eigenvalue weighted by Gasteiger charge is -2.15. The van der Waals surface area contributed by atoms with E-state index in [0.717, 1.165) is 30.4 Å². The number of anilines is 1. The van der Waals surface area contributed by atoms with E-state index in [1.54, 1.807) is 36.4 Å². The van der Waals surface area contributed by atoms with Gasteiger partial charge in [0, 0.05) is 28.8 Å². The largest absolute Gasteiger partial charge is 0.484 e. The Hall–Kier alpha value is -2.34. The molecule has 1 fully saturated rings. The molecule has 5 nitrogen and oxygen atoms in total. The molecule has 0 spiro atoms. The highest BCUT2D eigenvalue weighted by atomic mass is 79.9. The molecular formula is C19H19BrN2O3. The molecule has 1 heterocycles. The second-order valence-electron chi connectivity index (χ2n) is 5.87. The highest BCUT2D eigenvalue weighted by molar-refractivity contribution is 9.10. The molecule has 1 aliphatic rings. The van der Waals surface area contributed by atoms with E-state index in [2.05, 4.69) is 21.2 Å². The van der Waals surface area contributed by atoms with Crippen LogP contribution in [-0.4, -0.2) is 36.4 Å². The van der Waals surface area contributed by atoms with Crippen molar-refractivity contribution in [1.82, 2.24) is 4.90 Å². The predicted molar refractivity (Wildman–Crippen MR) is 99.8 cm³/mol. The van der Waals surface area contributed by atoms with Crippen molar-refractivity contribution >= 4 is 33.4 Å². The quantitative estimate of drug-likeness (QED) is 0.828. The van der Waals surface area contributed by atoms with Gasteiger partial charge >= 0.3 is 0 Å². The van der Waals surface area contributed by atoms with Gasteiger partial charge in [-0.25, -0.2) is 0 Å². The Kier molecular flexibility index (Phi) is 5.71. The van der Waals surface area contributed by atoms with Gasteiger partial charge in [-0.05, 0) is 61.4 Å². The number of halogens is 1. The smallest absolute Gasteiger partial charge is 0.262 e. The van der Waals surface area contributed by atoms with Crippen LogP contribution in [0.3, 0.4) is 0 Å². The fraction of sp³-hybridized carbons (Fsp3) is 0.263. The Balaban J connectivity index is 1.51. The number of amides is 2. The van der Waals surface area contributed by atoms with Crippen LogP contribution in [0.2, 0.25) is 0 Å². The lowest BCUT2D eigenvalue weighted by atomic mass is 10.2. The van der Waals surface area contributed by atoms with Crippen molar-refractivity contribution < 1.29 is 14.3 Å². The summed E-state index contributed by atoms with van der Waals surface area (Å²) in [5, 5.41) is 2.76. The molecule has 0 aromatic heterocycles. The molecule has 1 saturated heterocycles. The minimum absolute atomic E-state index is 0.0500. The van der Waals surface area contributed by atoms with Crippen molar-refractivity contribution in [2.24, 2.45) is 0 Å². The number of ether oxygens (including phenoxy) is 1. The molecule has 1 aliphatic heterocycles. The first kappa shape index (κ1) is 17.5. The van der Waals surface area contributed by atoms with E-state index in [-0.39, 0.29) is 18.4 Å². The van der Waals surface area contributed by atoms with Crippen molar-refractivity contribution in [2.45, 2.75) is 12.8 Å². The highest BCUT2D eigenvalue weighted by Crippen LogP contribution is 2.17. The molecule has 3 rings (SSSR count). The van der Waals surface area contributed by atoms with Gasteiger partial charge in [0.2, 0.25) is 0 Å². The van der Waals surface area contributed by atoms with Crippen molar-refractivity contribution in [1.29, 1.82) is 0 Å². The summed E-state index contributed by atoms with van der Waals surface area (Å²) in [7, 11) is 0. The number of benzene rings is 2. The Morgan fingerprint density at radius 2 is 1.64 bits per heavy atom. The Labute approximate surface area is 155 Å². The summed E-state index contributed by atoms with van der Waals surface area (Å²) < 4.78 is 6.38. The zero-order valence-corrected chi connectivity index (χ0v) is 15.3. The third kappa shape index (κ3) is 4.82. The maximum absolute atomic E-state index is 12.3. The van der Waals surface area contributed by atoms with Crippen LogP contribution in [0, 0.1) is 0 Å². The molecule has 25 heavy (non-hydrogen) atoms. The molecule has 2 aromatic rings. The van der Waals surface area contributed by atoms with E-state index in [1.807, 2.05) is 17.0 Å². The molecule has 0 radical (unpaired) electrons. The number of carbonyl (C=O) groups is 2. The molecule has 0 aliphatic carbocycles. The van der Waals surface area contributed by atoms with Gasteiger partial charge in [0.05, 0.1) is 0 Å². The number of hydrogen-bond donors (Lipinski definition) is 1. The van der Waals surface area contributed by atoms with Crippen LogP contribution in [0.5, 0.6) is 5.75 Å². The van der Waals surface area contributed by atoms with Crippen molar-refractivity contribution in [3.05, 3.63) is 58.6 Å². The van der Waals surface area contributed by atoms with E-state index >= 15 is 0 Å². The van der Waals surface area contributed by atoms with E-state index in [0.29, 0.717) is 17.0 Å². The van der Waals surface area contributed by atoms with Crippen LogP contribution in [0.4, 0.5) is 5.69 Å². The molecule has 0 unspecified atom stereocenters. The molecule has 0 bridgehead atoms. The maximum Gasteiger partial charge on any atom is 0.262 e. The molecule has 0 saturated carbocycles. The summed E-state index contributed by atoms with van der Waals surface area (Å²) in [5.74, 6) is 0.431. The van der Waals surface area contributed by atoms with Crippen LogP contribution < -0.4 is 10.1 Å². The third-order valence-electron chi connectivity index (χ3n) is 3.99. The average molecular weight is 403 g/mol. The summed E-state index contributed by atoms with van der Waals surface area (Å²) in [6.45, 7) is 1.57. The lowest BCUT2D eigenvalue weighted by Crippen LogP contribution is -2.27. The van der Waals surface area contributed by atoms with Crippen molar-refractivity contribution in [3.8, 4) is 5.75 Å². The van der Waals surface area contributed by atoms with Gasteiger partial charge < -0.3 is 15.0 Å². The van der Waals surface area contributed by atoms with Gasteiger partial charge in [0.1, 0.15) is 5.75 Å². The first-order valence-electron chi connectivity index (χ1n) is 8.19. The van der Waals surface area contributed by atoms with E-state index in [9.17, 15) is 9.59 Å². The van der Waals surface area contributed by atoms with Crippen LogP contribution in [0.25, 0.3) is 0 Å². The zero-order valence-electron chi connectivity index (χ0n) is 13.7. The normalized spacial score (nSPS) is 13.6. The highest BCUT2D eigenvalue weighted by Gasteiger charge is 2.19. The average Bonchev–Trinajstić information content (AvgIpc) is 3.16. The topological polar surface area (TPSA) is 58.6 Å². The number of nitrogens with one attached hydrogen (secondary N) is 1. The van der Waals surface area contributed by atoms with Gasteiger partial charge in [-0.1, -0.05) is 15.9 Å². The van der Waals surface area contributed by atoms with E-state index in [4.69, 9.17) is 4.74 Å². The van der Waals surface area contributed by atoms with Crippen LogP contribution >= 0.6 is 15.9 Å². The summed E-state index contributed by atoms with van der Waals surface area (Å²) in [5.41, 5.74) is 1.29. The Morgan fingerprint density at radius 1 is 1.00 bits per heavy atom. The first-order chi connectivity index (χ1) is 12.1. The van der Waals surface area contributed by atoms with Gasteiger partial charge in [-0.15, -0.1) is 0 Å². The predicted octanol–water partition coefficient (Wildman–Crippen LogP) is 3.70. The first-order valence-corrected chi connectivity index (χ1v) is 8.99. The SMILES string of the molecule is O=C(COc1ccc(Br)cc1)Nc1ccc(C(=O)N2CCCC2)cc1. The number of likely N-dealkylation sites (tertiary alicyclic amines) is 1. The van der Waals surface area contributed by atoms with Crippen LogP contribution in [-0.2, 0) is 4.79 Å². The lowest BCUT2D eigenvalue weighted by molar-refractivity contribution is -0.118. The second kappa shape index (κ2) is 8.16. The summed E-state index contributed by atoms with van der Waals surface area (Å²) in [6, 6.07) is 14.2. The van der Waals surface area contributed by atoms with Gasteiger partial charge in [0.15, 0.2) is 6.61 Å². The van der Waals surface area contributed by atoms with Crippen LogP contribution in [0.1, 0.15) is 23.2 Å². The van der Waals surface area contributed by atoms with E-state index in [1.165, 1.54) is 0 Å². The second-order valence-corrected chi connectivity index (χ2v) is 6.78. The molecule has 0 atom stereocenters.